The molecule has 108 valence electrons. The predicted molar refractivity (Wildman–Crippen MR) is 75.9 cm³/mol. The molecule has 21 heavy (non-hydrogen) atoms. The van der Waals surface area contributed by atoms with Crippen molar-refractivity contribution in [3.63, 3.8) is 0 Å². The van der Waals surface area contributed by atoms with Gasteiger partial charge in [0, 0.05) is 29.0 Å². The Balaban J connectivity index is 2.25. The number of carbonyl (C=O) groups is 1. The summed E-state index contributed by atoms with van der Waals surface area (Å²) in [6.07, 6.45) is 2.94. The van der Waals surface area contributed by atoms with Crippen LogP contribution in [0.2, 0.25) is 0 Å². The van der Waals surface area contributed by atoms with Gasteiger partial charge in [-0.15, -0.1) is 0 Å². The van der Waals surface area contributed by atoms with Gasteiger partial charge in [0.15, 0.2) is 0 Å². The number of hydrogen-bond donors (Lipinski definition) is 2. The molecule has 0 unspecified atom stereocenters. The van der Waals surface area contributed by atoms with Crippen molar-refractivity contribution in [1.29, 1.82) is 0 Å². The highest BCUT2D eigenvalue weighted by Gasteiger charge is 2.14. The number of nitrogens with one attached hydrogen (secondary N) is 1. The number of nitrogens with zero attached hydrogens (tertiary/aromatic N) is 2. The standard InChI is InChI=1S/C14H13N3O4/c1-9-6-10(2-3-13(9)17(20)21)14(19)16-12-7-15-5-4-11(12)8-18/h2-7,18H,8H2,1H3,(H,16,19). The Kier molecular flexibility index (Phi) is 4.24. The molecule has 0 fully saturated rings. The van der Waals surface area contributed by atoms with Gasteiger partial charge >= 0.3 is 0 Å². The third kappa shape index (κ3) is 3.21. The predicted octanol–water partition coefficient (Wildman–Crippen LogP) is 2.04. The van der Waals surface area contributed by atoms with Crippen LogP contribution in [-0.2, 0) is 6.61 Å². The molecule has 0 saturated carbocycles. The molecule has 0 bridgehead atoms. The molecule has 0 radical (unpaired) electrons. The van der Waals surface area contributed by atoms with Gasteiger partial charge in [0.05, 0.1) is 23.4 Å². The number of hydrogen-bond acceptors (Lipinski definition) is 5. The van der Waals surface area contributed by atoms with Crippen molar-refractivity contribution < 1.29 is 14.8 Å². The van der Waals surface area contributed by atoms with Crippen molar-refractivity contribution in [3.8, 4) is 0 Å². The zero-order valence-corrected chi connectivity index (χ0v) is 11.2. The van der Waals surface area contributed by atoms with E-state index >= 15 is 0 Å². The Morgan fingerprint density at radius 1 is 1.43 bits per heavy atom. The van der Waals surface area contributed by atoms with Gasteiger partial charge in [-0.1, -0.05) is 0 Å². The van der Waals surface area contributed by atoms with Crippen molar-refractivity contribution >= 4 is 17.3 Å². The van der Waals surface area contributed by atoms with Gasteiger partial charge < -0.3 is 10.4 Å². The number of aliphatic hydroxyl groups excluding tert-OH is 1. The number of aliphatic hydroxyl groups is 1. The number of rotatable bonds is 4. The minimum atomic E-state index is -0.498. The van der Waals surface area contributed by atoms with E-state index in [1.807, 2.05) is 0 Å². The summed E-state index contributed by atoms with van der Waals surface area (Å²) in [6.45, 7) is 1.34. The molecule has 7 heteroatoms. The first-order valence-corrected chi connectivity index (χ1v) is 6.13. The highest BCUT2D eigenvalue weighted by Crippen LogP contribution is 2.20. The van der Waals surface area contributed by atoms with Gasteiger partial charge in [0.2, 0.25) is 0 Å². The molecule has 2 aromatic rings. The summed E-state index contributed by atoms with van der Waals surface area (Å²) in [4.78, 5) is 26.3. The molecule has 0 aliphatic heterocycles. The van der Waals surface area contributed by atoms with Crippen LogP contribution in [0.1, 0.15) is 21.5 Å². The molecule has 2 rings (SSSR count). The number of aromatic nitrogens is 1. The quantitative estimate of drug-likeness (QED) is 0.661. The van der Waals surface area contributed by atoms with Gasteiger partial charge in [-0.25, -0.2) is 0 Å². The van der Waals surface area contributed by atoms with E-state index in [0.717, 1.165) is 0 Å². The number of pyridine rings is 1. The Morgan fingerprint density at radius 3 is 2.81 bits per heavy atom. The molecular weight excluding hydrogens is 274 g/mol. The molecule has 0 aliphatic rings. The first-order chi connectivity index (χ1) is 10.0. The lowest BCUT2D eigenvalue weighted by molar-refractivity contribution is -0.385. The third-order valence-corrected chi connectivity index (χ3v) is 2.99. The summed E-state index contributed by atoms with van der Waals surface area (Å²) >= 11 is 0. The van der Waals surface area contributed by atoms with E-state index < -0.39 is 10.8 Å². The van der Waals surface area contributed by atoms with Crippen molar-refractivity contribution in [2.45, 2.75) is 13.5 Å². The Hall–Kier alpha value is -2.80. The van der Waals surface area contributed by atoms with E-state index in [4.69, 9.17) is 0 Å². The van der Waals surface area contributed by atoms with E-state index in [0.29, 0.717) is 22.4 Å². The summed E-state index contributed by atoms with van der Waals surface area (Å²) in [5.41, 5.74) is 1.61. The van der Waals surface area contributed by atoms with Crippen LogP contribution in [0.5, 0.6) is 0 Å². The van der Waals surface area contributed by atoms with Crippen LogP contribution >= 0.6 is 0 Å². The summed E-state index contributed by atoms with van der Waals surface area (Å²) in [6, 6.07) is 5.72. The second kappa shape index (κ2) is 6.10. The average Bonchev–Trinajstić information content (AvgIpc) is 2.47. The number of carbonyl (C=O) groups excluding carboxylic acids is 1. The van der Waals surface area contributed by atoms with Gasteiger partial charge in [-0.2, -0.15) is 0 Å². The van der Waals surface area contributed by atoms with E-state index in [1.54, 1.807) is 13.0 Å². The summed E-state index contributed by atoms with van der Waals surface area (Å²) in [5, 5.41) is 22.6. The summed E-state index contributed by atoms with van der Waals surface area (Å²) in [7, 11) is 0. The fourth-order valence-corrected chi connectivity index (χ4v) is 1.87. The van der Waals surface area contributed by atoms with Crippen LogP contribution in [0.4, 0.5) is 11.4 Å². The molecule has 0 saturated heterocycles. The summed E-state index contributed by atoms with van der Waals surface area (Å²) in [5.74, 6) is -0.421. The van der Waals surface area contributed by atoms with E-state index in [2.05, 4.69) is 10.3 Å². The first kappa shape index (κ1) is 14.6. The van der Waals surface area contributed by atoms with Crippen LogP contribution in [-0.4, -0.2) is 20.9 Å². The fourth-order valence-electron chi connectivity index (χ4n) is 1.87. The molecule has 1 aromatic heterocycles. The lowest BCUT2D eigenvalue weighted by atomic mass is 10.1. The average molecular weight is 287 g/mol. The van der Waals surface area contributed by atoms with Crippen LogP contribution in [0.25, 0.3) is 0 Å². The van der Waals surface area contributed by atoms with Gasteiger partial charge in [0.25, 0.3) is 11.6 Å². The molecule has 1 heterocycles. The van der Waals surface area contributed by atoms with Crippen LogP contribution in [0.15, 0.2) is 36.7 Å². The van der Waals surface area contributed by atoms with E-state index in [9.17, 15) is 20.0 Å². The molecule has 0 atom stereocenters. The molecule has 0 spiro atoms. The van der Waals surface area contributed by atoms with Crippen LogP contribution in [0.3, 0.4) is 0 Å². The van der Waals surface area contributed by atoms with Crippen molar-refractivity contribution in [2.24, 2.45) is 0 Å². The Bertz CT molecular complexity index is 700. The number of benzene rings is 1. The monoisotopic (exact) mass is 287 g/mol. The maximum atomic E-state index is 12.1. The molecule has 2 N–H and O–H groups in total. The maximum Gasteiger partial charge on any atom is 0.272 e. The van der Waals surface area contributed by atoms with Gasteiger partial charge in [-0.3, -0.25) is 19.9 Å². The fraction of sp³-hybridized carbons (Fsp3) is 0.143. The van der Waals surface area contributed by atoms with Crippen LogP contribution in [0, 0.1) is 17.0 Å². The maximum absolute atomic E-state index is 12.1. The highest BCUT2D eigenvalue weighted by atomic mass is 16.6. The number of amides is 1. The van der Waals surface area contributed by atoms with Crippen LogP contribution < -0.4 is 5.32 Å². The van der Waals surface area contributed by atoms with Crippen molar-refractivity contribution in [2.75, 3.05) is 5.32 Å². The normalized spacial score (nSPS) is 10.2. The van der Waals surface area contributed by atoms with Gasteiger partial charge in [0.1, 0.15) is 0 Å². The van der Waals surface area contributed by atoms with Crippen molar-refractivity contribution in [1.82, 2.24) is 4.98 Å². The lowest BCUT2D eigenvalue weighted by Crippen LogP contribution is -2.14. The van der Waals surface area contributed by atoms with E-state index in [1.165, 1.54) is 30.6 Å². The minimum Gasteiger partial charge on any atom is -0.392 e. The zero-order chi connectivity index (χ0) is 15.4. The summed E-state index contributed by atoms with van der Waals surface area (Å²) < 4.78 is 0. The number of nitro benzene ring substituents is 1. The number of anilines is 1. The highest BCUT2D eigenvalue weighted by molar-refractivity contribution is 6.04. The smallest absolute Gasteiger partial charge is 0.272 e. The second-order valence-electron chi connectivity index (χ2n) is 4.40. The van der Waals surface area contributed by atoms with E-state index in [-0.39, 0.29) is 12.3 Å². The number of aryl methyl sites for hydroxylation is 1. The largest absolute Gasteiger partial charge is 0.392 e. The molecule has 7 nitrogen and oxygen atoms in total. The molecular formula is C14H13N3O4. The minimum absolute atomic E-state index is 0.0380. The molecule has 0 aliphatic carbocycles. The molecule has 1 amide bonds. The first-order valence-electron chi connectivity index (χ1n) is 6.13. The second-order valence-corrected chi connectivity index (χ2v) is 4.40. The SMILES string of the molecule is Cc1cc(C(=O)Nc2cnccc2CO)ccc1[N+](=O)[O-]. The van der Waals surface area contributed by atoms with Crippen molar-refractivity contribution in [3.05, 3.63) is 63.5 Å². The van der Waals surface area contributed by atoms with Gasteiger partial charge in [-0.05, 0) is 25.1 Å². The topological polar surface area (TPSA) is 105 Å². The molecule has 1 aromatic carbocycles. The lowest BCUT2D eigenvalue weighted by Gasteiger charge is -2.09. The zero-order valence-electron chi connectivity index (χ0n) is 11.2. The Morgan fingerprint density at radius 2 is 2.19 bits per heavy atom. The third-order valence-electron chi connectivity index (χ3n) is 2.99. The number of nitro groups is 1. The Labute approximate surface area is 120 Å².